The molecule has 0 bridgehead atoms. The second kappa shape index (κ2) is 10.5. The lowest BCUT2D eigenvalue weighted by molar-refractivity contribution is 0.0507. The molecule has 0 aliphatic heterocycles. The Morgan fingerprint density at radius 2 is 1.76 bits per heavy atom. The molecule has 1 aliphatic carbocycles. The lowest BCUT2D eigenvalue weighted by atomic mass is 9.83. The molecule has 4 rings (SSSR count). The molecule has 0 spiro atoms. The number of ether oxygens (including phenoxy) is 3. The third-order valence-electron chi connectivity index (χ3n) is 5.94. The van der Waals surface area contributed by atoms with Crippen LogP contribution in [0.4, 0.5) is 4.39 Å². The van der Waals surface area contributed by atoms with Gasteiger partial charge in [0.1, 0.15) is 17.7 Å². The molecule has 8 heteroatoms. The van der Waals surface area contributed by atoms with Crippen LogP contribution in [0.2, 0.25) is 0 Å². The Morgan fingerprint density at radius 1 is 1.06 bits per heavy atom. The number of carbonyl (C=O) groups is 1. The zero-order valence-corrected chi connectivity index (χ0v) is 18.9. The molecule has 2 aromatic carbocycles. The molecule has 1 fully saturated rings. The van der Waals surface area contributed by atoms with Crippen LogP contribution in [0.3, 0.4) is 0 Å². The van der Waals surface area contributed by atoms with Gasteiger partial charge in [0.2, 0.25) is 11.6 Å². The molecule has 0 saturated heterocycles. The second-order valence-electron chi connectivity index (χ2n) is 8.11. The van der Waals surface area contributed by atoms with Crippen molar-refractivity contribution in [3.63, 3.8) is 0 Å². The van der Waals surface area contributed by atoms with Crippen molar-refractivity contribution in [2.24, 2.45) is 0 Å². The Balaban J connectivity index is 1.48. The Labute approximate surface area is 192 Å². The summed E-state index contributed by atoms with van der Waals surface area (Å²) >= 11 is 0. The Kier molecular flexibility index (Phi) is 7.22. The van der Waals surface area contributed by atoms with Gasteiger partial charge in [-0.3, -0.25) is 0 Å². The van der Waals surface area contributed by atoms with Gasteiger partial charge < -0.3 is 14.2 Å². The average Bonchev–Trinajstić information content (AvgIpc) is 3.23. The summed E-state index contributed by atoms with van der Waals surface area (Å²) in [5.74, 6) is 0.694. The molecule has 0 atom stereocenters. The topological polar surface area (TPSA) is 75.5 Å². The molecule has 0 N–H and O–H groups in total. The van der Waals surface area contributed by atoms with E-state index in [-0.39, 0.29) is 24.2 Å². The highest BCUT2D eigenvalue weighted by molar-refractivity contribution is 5.89. The van der Waals surface area contributed by atoms with E-state index in [1.165, 1.54) is 12.1 Å². The van der Waals surface area contributed by atoms with Gasteiger partial charge in [0.25, 0.3) is 0 Å². The van der Waals surface area contributed by atoms with Crippen LogP contribution in [0.25, 0.3) is 0 Å². The summed E-state index contributed by atoms with van der Waals surface area (Å²) in [6, 6.07) is 14.3. The highest BCUT2D eigenvalue weighted by Gasteiger charge is 2.29. The van der Waals surface area contributed by atoms with Crippen LogP contribution in [0.15, 0.2) is 48.5 Å². The first-order chi connectivity index (χ1) is 16.1. The predicted octanol–water partition coefficient (Wildman–Crippen LogP) is 4.76. The fourth-order valence-corrected chi connectivity index (χ4v) is 4.16. The number of rotatable bonds is 8. The monoisotopic (exact) mass is 453 g/mol. The molecule has 0 radical (unpaired) electrons. The predicted molar refractivity (Wildman–Crippen MR) is 120 cm³/mol. The van der Waals surface area contributed by atoms with Crippen molar-refractivity contribution in [2.45, 2.75) is 51.2 Å². The first kappa shape index (κ1) is 22.8. The lowest BCUT2D eigenvalue weighted by Crippen LogP contribution is -2.25. The van der Waals surface area contributed by atoms with E-state index >= 15 is 0 Å². The van der Waals surface area contributed by atoms with Gasteiger partial charge in [-0.15, -0.1) is 5.10 Å². The molecule has 33 heavy (non-hydrogen) atoms. The minimum atomic E-state index is -0.548. The first-order valence-corrected chi connectivity index (χ1v) is 11.2. The van der Waals surface area contributed by atoms with Crippen molar-refractivity contribution in [1.82, 2.24) is 15.0 Å². The second-order valence-corrected chi connectivity index (χ2v) is 8.11. The van der Waals surface area contributed by atoms with Crippen LogP contribution < -0.4 is 9.47 Å². The molecule has 3 aromatic rings. The number of methoxy groups -OCH3 is 1. The van der Waals surface area contributed by atoms with E-state index in [1.54, 1.807) is 18.7 Å². The van der Waals surface area contributed by atoms with Crippen LogP contribution >= 0.6 is 0 Å². The van der Waals surface area contributed by atoms with E-state index in [1.807, 2.05) is 36.4 Å². The SMILES string of the molecule is CCOC(=O)c1nnn(Cc2ccc(OC)cc2)c1O[C@H]1CC[C@H](c2ccc(F)cc2)CC1. The molecule has 0 amide bonds. The minimum Gasteiger partial charge on any atom is -0.497 e. The number of esters is 1. The summed E-state index contributed by atoms with van der Waals surface area (Å²) in [5, 5.41) is 8.22. The fourth-order valence-electron chi connectivity index (χ4n) is 4.16. The van der Waals surface area contributed by atoms with Gasteiger partial charge in [-0.1, -0.05) is 29.5 Å². The third-order valence-corrected chi connectivity index (χ3v) is 5.94. The van der Waals surface area contributed by atoms with Crippen LogP contribution in [-0.2, 0) is 11.3 Å². The van der Waals surface area contributed by atoms with Gasteiger partial charge in [-0.05, 0) is 73.9 Å². The maximum absolute atomic E-state index is 13.2. The van der Waals surface area contributed by atoms with Crippen molar-refractivity contribution in [3.05, 3.63) is 71.2 Å². The standard InChI is InChI=1S/C25H28FN3O4/c1-3-32-25(30)23-24(29(28-27-23)16-17-4-12-21(31-2)13-5-17)33-22-14-8-19(9-15-22)18-6-10-20(26)11-7-18/h4-7,10-13,19,22H,3,8-9,14-16H2,1-2H3/t19-,22-. The van der Waals surface area contributed by atoms with E-state index in [2.05, 4.69) is 10.3 Å². The first-order valence-electron chi connectivity index (χ1n) is 11.2. The lowest BCUT2D eigenvalue weighted by Gasteiger charge is -2.29. The highest BCUT2D eigenvalue weighted by atomic mass is 19.1. The van der Waals surface area contributed by atoms with E-state index in [0.717, 1.165) is 42.6 Å². The number of halogens is 1. The molecule has 0 unspecified atom stereocenters. The number of hydrogen-bond donors (Lipinski definition) is 0. The summed E-state index contributed by atoms with van der Waals surface area (Å²) in [5.41, 5.74) is 2.21. The van der Waals surface area contributed by atoms with Crippen molar-refractivity contribution in [3.8, 4) is 11.6 Å². The van der Waals surface area contributed by atoms with Crippen LogP contribution in [-0.4, -0.2) is 40.8 Å². The number of aromatic nitrogens is 3. The van der Waals surface area contributed by atoms with E-state index in [0.29, 0.717) is 18.3 Å². The Bertz CT molecular complexity index is 1060. The molecular weight excluding hydrogens is 425 g/mol. The molecule has 7 nitrogen and oxygen atoms in total. The van der Waals surface area contributed by atoms with Crippen LogP contribution in [0.5, 0.6) is 11.6 Å². The van der Waals surface area contributed by atoms with E-state index in [4.69, 9.17) is 14.2 Å². The number of nitrogens with zero attached hydrogens (tertiary/aromatic N) is 3. The zero-order valence-electron chi connectivity index (χ0n) is 18.9. The van der Waals surface area contributed by atoms with Gasteiger partial charge >= 0.3 is 5.97 Å². The van der Waals surface area contributed by atoms with Crippen molar-refractivity contribution in [2.75, 3.05) is 13.7 Å². The van der Waals surface area contributed by atoms with Crippen molar-refractivity contribution in [1.29, 1.82) is 0 Å². The Hall–Kier alpha value is -3.42. The average molecular weight is 454 g/mol. The summed E-state index contributed by atoms with van der Waals surface area (Å²) in [6.07, 6.45) is 3.41. The summed E-state index contributed by atoms with van der Waals surface area (Å²) < 4.78 is 31.5. The highest BCUT2D eigenvalue weighted by Crippen LogP contribution is 2.35. The third kappa shape index (κ3) is 5.50. The number of carbonyl (C=O) groups excluding carboxylic acids is 1. The number of benzene rings is 2. The largest absolute Gasteiger partial charge is 0.497 e. The van der Waals surface area contributed by atoms with Crippen molar-refractivity contribution >= 4 is 5.97 Å². The molecule has 1 saturated carbocycles. The summed E-state index contributed by atoms with van der Waals surface area (Å²) in [4.78, 5) is 12.5. The normalized spacial score (nSPS) is 18.0. The van der Waals surface area contributed by atoms with Crippen LogP contribution in [0, 0.1) is 5.82 Å². The molecular formula is C25H28FN3O4. The van der Waals surface area contributed by atoms with E-state index < -0.39 is 5.97 Å². The smallest absolute Gasteiger partial charge is 0.364 e. The minimum absolute atomic E-state index is 0.0667. The molecule has 1 aromatic heterocycles. The summed E-state index contributed by atoms with van der Waals surface area (Å²) in [7, 11) is 1.62. The molecule has 174 valence electrons. The van der Waals surface area contributed by atoms with Crippen molar-refractivity contribution < 1.29 is 23.4 Å². The van der Waals surface area contributed by atoms with Gasteiger partial charge in [-0.2, -0.15) is 0 Å². The van der Waals surface area contributed by atoms with E-state index in [9.17, 15) is 9.18 Å². The quantitative estimate of drug-likeness (QED) is 0.458. The maximum Gasteiger partial charge on any atom is 0.364 e. The fraction of sp³-hybridized carbons (Fsp3) is 0.400. The van der Waals surface area contributed by atoms with Crippen LogP contribution in [0.1, 0.15) is 60.1 Å². The zero-order chi connectivity index (χ0) is 23.2. The maximum atomic E-state index is 13.2. The van der Waals surface area contributed by atoms with Gasteiger partial charge in [0.15, 0.2) is 0 Å². The van der Waals surface area contributed by atoms with Gasteiger partial charge in [0, 0.05) is 0 Å². The number of hydrogen-bond acceptors (Lipinski definition) is 6. The molecule has 1 heterocycles. The Morgan fingerprint density at radius 3 is 2.39 bits per heavy atom. The summed E-state index contributed by atoms with van der Waals surface area (Å²) in [6.45, 7) is 2.39. The van der Waals surface area contributed by atoms with Gasteiger partial charge in [0.05, 0.1) is 20.3 Å². The molecule has 1 aliphatic rings. The van der Waals surface area contributed by atoms with Gasteiger partial charge in [-0.25, -0.2) is 13.9 Å².